The zero-order chi connectivity index (χ0) is 16.9. The minimum atomic E-state index is 0.427. The van der Waals surface area contributed by atoms with Crippen molar-refractivity contribution in [3.05, 3.63) is 40.1 Å². The molecule has 1 aromatic carbocycles. The molecule has 2 heterocycles. The van der Waals surface area contributed by atoms with E-state index in [1.165, 1.54) is 25.8 Å². The van der Waals surface area contributed by atoms with Gasteiger partial charge in [-0.2, -0.15) is 0 Å². The second kappa shape index (κ2) is 8.34. The first-order valence-corrected chi connectivity index (χ1v) is 9.12. The maximum absolute atomic E-state index is 6.04. The lowest BCUT2D eigenvalue weighted by atomic mass is 10.0. The highest BCUT2D eigenvalue weighted by atomic mass is 35.5. The molecular formula is C18H22Cl2N2O2. The first-order valence-electron chi connectivity index (χ1n) is 8.36. The Kier molecular flexibility index (Phi) is 6.17. The summed E-state index contributed by atoms with van der Waals surface area (Å²) in [5, 5.41) is 5.10. The van der Waals surface area contributed by atoms with Gasteiger partial charge in [0.15, 0.2) is 5.76 Å². The van der Waals surface area contributed by atoms with Crippen molar-refractivity contribution in [2.45, 2.75) is 38.8 Å². The molecule has 1 aromatic heterocycles. The van der Waals surface area contributed by atoms with Crippen LogP contribution < -0.4 is 0 Å². The smallest absolute Gasteiger partial charge is 0.163 e. The van der Waals surface area contributed by atoms with Crippen LogP contribution in [0.25, 0.3) is 11.3 Å². The molecule has 0 amide bonds. The van der Waals surface area contributed by atoms with Crippen LogP contribution in [-0.2, 0) is 11.3 Å². The molecule has 3 rings (SSSR count). The summed E-state index contributed by atoms with van der Waals surface area (Å²) in [6, 6.07) is 7.94. The summed E-state index contributed by atoms with van der Waals surface area (Å²) in [6.45, 7) is 5.56. The molecule has 1 saturated heterocycles. The topological polar surface area (TPSA) is 38.5 Å². The highest BCUT2D eigenvalue weighted by molar-refractivity contribution is 6.42. The van der Waals surface area contributed by atoms with Gasteiger partial charge in [0.2, 0.25) is 0 Å². The molecular weight excluding hydrogens is 347 g/mol. The van der Waals surface area contributed by atoms with Crippen molar-refractivity contribution in [3.8, 4) is 11.3 Å². The Hall–Kier alpha value is -1.07. The molecule has 6 heteroatoms. The molecule has 1 aliphatic rings. The Morgan fingerprint density at radius 3 is 2.92 bits per heavy atom. The number of hydrogen-bond donors (Lipinski definition) is 0. The van der Waals surface area contributed by atoms with Crippen LogP contribution in [0, 0.1) is 0 Å². The summed E-state index contributed by atoms with van der Waals surface area (Å²) in [6.07, 6.45) is 3.92. The highest BCUT2D eigenvalue weighted by Crippen LogP contribution is 2.28. The quantitative estimate of drug-likeness (QED) is 0.669. The van der Waals surface area contributed by atoms with E-state index in [0.717, 1.165) is 17.8 Å². The van der Waals surface area contributed by atoms with Gasteiger partial charge in [0.05, 0.1) is 16.7 Å². The molecule has 0 unspecified atom stereocenters. The Labute approximate surface area is 152 Å². The largest absolute Gasteiger partial charge is 0.372 e. The van der Waals surface area contributed by atoms with E-state index in [2.05, 4.69) is 17.0 Å². The van der Waals surface area contributed by atoms with E-state index in [-0.39, 0.29) is 0 Å². The van der Waals surface area contributed by atoms with Gasteiger partial charge in [0.25, 0.3) is 0 Å². The van der Waals surface area contributed by atoms with Crippen molar-refractivity contribution < 1.29 is 9.26 Å². The third-order valence-corrected chi connectivity index (χ3v) is 5.22. The summed E-state index contributed by atoms with van der Waals surface area (Å²) < 4.78 is 11.1. The minimum Gasteiger partial charge on any atom is -0.372 e. The first kappa shape index (κ1) is 17.7. The number of rotatable bonds is 6. The van der Waals surface area contributed by atoms with Crippen LogP contribution in [0.3, 0.4) is 0 Å². The molecule has 130 valence electrons. The second-order valence-electron chi connectivity index (χ2n) is 6.24. The standard InChI is InChI=1S/C18H22Cl2N2O2/c1-13-4-2-3-7-22(13)8-9-23-12-15-11-18(21-24-15)14-5-6-16(19)17(20)10-14/h5-6,10-11,13H,2-4,7-9,12H2,1H3/t13-/m0/s1. The third-order valence-electron chi connectivity index (χ3n) is 4.48. The van der Waals surface area contributed by atoms with Crippen molar-refractivity contribution in [2.75, 3.05) is 19.7 Å². The Bertz CT molecular complexity index is 675. The molecule has 1 atom stereocenters. The molecule has 24 heavy (non-hydrogen) atoms. The van der Waals surface area contributed by atoms with E-state index in [1.807, 2.05) is 12.1 Å². The Balaban J connectivity index is 1.48. The fourth-order valence-electron chi connectivity index (χ4n) is 3.02. The van der Waals surface area contributed by atoms with Crippen molar-refractivity contribution in [1.82, 2.24) is 10.1 Å². The fourth-order valence-corrected chi connectivity index (χ4v) is 3.31. The van der Waals surface area contributed by atoms with Crippen LogP contribution in [-0.4, -0.2) is 35.8 Å². The average molecular weight is 369 g/mol. The summed E-state index contributed by atoms with van der Waals surface area (Å²) in [4.78, 5) is 2.49. The number of likely N-dealkylation sites (tertiary alicyclic amines) is 1. The average Bonchev–Trinajstić information content (AvgIpc) is 3.04. The number of benzene rings is 1. The molecule has 0 spiro atoms. The second-order valence-corrected chi connectivity index (χ2v) is 7.06. The van der Waals surface area contributed by atoms with Crippen molar-refractivity contribution in [2.24, 2.45) is 0 Å². The van der Waals surface area contributed by atoms with Gasteiger partial charge in [-0.25, -0.2) is 0 Å². The molecule has 0 bridgehead atoms. The van der Waals surface area contributed by atoms with Gasteiger partial charge in [0.1, 0.15) is 12.3 Å². The lowest BCUT2D eigenvalue weighted by Gasteiger charge is -2.33. The predicted molar refractivity (Wildman–Crippen MR) is 96.5 cm³/mol. The summed E-state index contributed by atoms with van der Waals surface area (Å²) in [5.74, 6) is 0.711. The van der Waals surface area contributed by atoms with Crippen LogP contribution in [0.2, 0.25) is 10.0 Å². The van der Waals surface area contributed by atoms with Crippen LogP contribution in [0.1, 0.15) is 31.9 Å². The lowest BCUT2D eigenvalue weighted by molar-refractivity contribution is 0.0586. The number of piperidine rings is 1. The number of hydrogen-bond acceptors (Lipinski definition) is 4. The molecule has 0 N–H and O–H groups in total. The van der Waals surface area contributed by atoms with Crippen LogP contribution >= 0.6 is 23.2 Å². The lowest BCUT2D eigenvalue weighted by Crippen LogP contribution is -2.39. The minimum absolute atomic E-state index is 0.427. The fraction of sp³-hybridized carbons (Fsp3) is 0.500. The van der Waals surface area contributed by atoms with Gasteiger partial charge in [-0.3, -0.25) is 4.90 Å². The van der Waals surface area contributed by atoms with E-state index in [0.29, 0.717) is 35.1 Å². The molecule has 1 fully saturated rings. The van der Waals surface area contributed by atoms with Crippen LogP contribution in [0.4, 0.5) is 0 Å². The van der Waals surface area contributed by atoms with E-state index >= 15 is 0 Å². The monoisotopic (exact) mass is 368 g/mol. The first-order chi connectivity index (χ1) is 11.6. The Morgan fingerprint density at radius 1 is 1.25 bits per heavy atom. The highest BCUT2D eigenvalue weighted by Gasteiger charge is 2.17. The number of aromatic nitrogens is 1. The molecule has 0 saturated carbocycles. The molecule has 0 aliphatic carbocycles. The number of nitrogens with zero attached hydrogens (tertiary/aromatic N) is 2. The van der Waals surface area contributed by atoms with Crippen molar-refractivity contribution in [1.29, 1.82) is 0 Å². The normalized spacial score (nSPS) is 18.9. The van der Waals surface area contributed by atoms with Crippen LogP contribution in [0.15, 0.2) is 28.8 Å². The number of ether oxygens (including phenoxy) is 1. The maximum Gasteiger partial charge on any atom is 0.163 e. The summed E-state index contributed by atoms with van der Waals surface area (Å²) >= 11 is 12.0. The van der Waals surface area contributed by atoms with Crippen molar-refractivity contribution in [3.63, 3.8) is 0 Å². The Morgan fingerprint density at radius 2 is 2.12 bits per heavy atom. The van der Waals surface area contributed by atoms with Gasteiger partial charge in [-0.15, -0.1) is 0 Å². The molecule has 1 aliphatic heterocycles. The third kappa shape index (κ3) is 4.51. The van der Waals surface area contributed by atoms with Gasteiger partial charge < -0.3 is 9.26 Å². The van der Waals surface area contributed by atoms with Gasteiger partial charge in [-0.1, -0.05) is 40.8 Å². The van der Waals surface area contributed by atoms with Gasteiger partial charge >= 0.3 is 0 Å². The SMILES string of the molecule is C[C@H]1CCCCN1CCOCc1cc(-c2ccc(Cl)c(Cl)c2)no1. The predicted octanol–water partition coefficient (Wildman–Crippen LogP) is 5.04. The van der Waals surface area contributed by atoms with Crippen LogP contribution in [0.5, 0.6) is 0 Å². The van der Waals surface area contributed by atoms with E-state index in [1.54, 1.807) is 12.1 Å². The molecule has 2 aromatic rings. The maximum atomic E-state index is 6.04. The van der Waals surface area contributed by atoms with Crippen molar-refractivity contribution >= 4 is 23.2 Å². The van der Waals surface area contributed by atoms with E-state index < -0.39 is 0 Å². The van der Waals surface area contributed by atoms with Gasteiger partial charge in [-0.05, 0) is 38.4 Å². The van der Waals surface area contributed by atoms with Gasteiger partial charge in [0, 0.05) is 24.2 Å². The number of halogens is 2. The van der Waals surface area contributed by atoms with E-state index in [4.69, 9.17) is 32.5 Å². The molecule has 0 radical (unpaired) electrons. The summed E-state index contributed by atoms with van der Waals surface area (Å²) in [7, 11) is 0. The summed E-state index contributed by atoms with van der Waals surface area (Å²) in [5.41, 5.74) is 1.61. The zero-order valence-electron chi connectivity index (χ0n) is 13.8. The zero-order valence-corrected chi connectivity index (χ0v) is 15.3. The van der Waals surface area contributed by atoms with E-state index in [9.17, 15) is 0 Å². The molecule has 4 nitrogen and oxygen atoms in total.